The van der Waals surface area contributed by atoms with E-state index in [2.05, 4.69) is 4.84 Å². The van der Waals surface area contributed by atoms with E-state index < -0.39 is 29.9 Å². The van der Waals surface area contributed by atoms with Gasteiger partial charge in [0.1, 0.15) is 0 Å². The van der Waals surface area contributed by atoms with E-state index in [1.165, 1.54) is 0 Å². The number of hydrogen-bond donors (Lipinski definition) is 0. The monoisotopic (exact) mass is 399 g/mol. The third-order valence-corrected chi connectivity index (χ3v) is 3.92. The fourth-order valence-electron chi connectivity index (χ4n) is 2.45. The molecule has 0 radical (unpaired) electrons. The maximum absolute atomic E-state index is 11.5. The number of rotatable bonds is 11. The molecule has 2 aliphatic rings. The first-order valence-electron chi connectivity index (χ1n) is 8.85. The molecule has 2 fully saturated rings. The van der Waals surface area contributed by atoms with E-state index in [4.69, 9.17) is 14.2 Å². The average molecular weight is 399 g/mol. The van der Waals surface area contributed by atoms with Gasteiger partial charge in [0.2, 0.25) is 6.10 Å². The number of imide groups is 1. The van der Waals surface area contributed by atoms with Crippen LogP contribution >= 0.6 is 0 Å². The second-order valence-electron chi connectivity index (χ2n) is 6.07. The van der Waals surface area contributed by atoms with Crippen LogP contribution in [0.1, 0.15) is 38.5 Å². The zero-order valence-corrected chi connectivity index (χ0v) is 15.2. The third-order valence-electron chi connectivity index (χ3n) is 3.92. The minimum atomic E-state index is -1.28. The van der Waals surface area contributed by atoms with Crippen molar-refractivity contribution in [1.29, 1.82) is 0 Å². The van der Waals surface area contributed by atoms with Crippen molar-refractivity contribution in [3.63, 3.8) is 0 Å². The third kappa shape index (κ3) is 6.50. The Morgan fingerprint density at radius 1 is 0.750 bits per heavy atom. The fourth-order valence-corrected chi connectivity index (χ4v) is 2.45. The van der Waals surface area contributed by atoms with Gasteiger partial charge >= 0.3 is 11.9 Å². The van der Waals surface area contributed by atoms with Gasteiger partial charge in [0.05, 0.1) is 39.3 Å². The molecule has 1 aliphatic carbocycles. The molecule has 0 aromatic carbocycles. The number of ketones is 2. The van der Waals surface area contributed by atoms with Crippen molar-refractivity contribution >= 4 is 35.3 Å². The molecular weight excluding hydrogens is 378 g/mol. The van der Waals surface area contributed by atoms with Crippen LogP contribution in [0.5, 0.6) is 0 Å². The van der Waals surface area contributed by atoms with E-state index in [0.29, 0.717) is 5.06 Å². The molecule has 2 amide bonds. The molecule has 0 spiro atoms. The summed E-state index contributed by atoms with van der Waals surface area (Å²) in [7, 11) is 0. The summed E-state index contributed by atoms with van der Waals surface area (Å²) >= 11 is 0. The van der Waals surface area contributed by atoms with Crippen molar-refractivity contribution in [3.05, 3.63) is 0 Å². The number of hydroxylamine groups is 2. The van der Waals surface area contributed by atoms with Crippen molar-refractivity contribution < 1.29 is 47.8 Å². The maximum Gasteiger partial charge on any atom is 0.335 e. The summed E-state index contributed by atoms with van der Waals surface area (Å²) in [6.45, 7) is 0.321. The van der Waals surface area contributed by atoms with Crippen LogP contribution in [-0.4, -0.2) is 72.9 Å². The lowest BCUT2D eigenvalue weighted by Crippen LogP contribution is -2.32. The van der Waals surface area contributed by atoms with Crippen LogP contribution in [-0.2, 0) is 47.8 Å². The molecule has 11 heteroatoms. The maximum atomic E-state index is 11.5. The molecule has 28 heavy (non-hydrogen) atoms. The summed E-state index contributed by atoms with van der Waals surface area (Å²) in [5.74, 6) is -3.32. The van der Waals surface area contributed by atoms with E-state index in [0.717, 1.165) is 0 Å². The predicted molar refractivity (Wildman–Crippen MR) is 87.2 cm³/mol. The van der Waals surface area contributed by atoms with Gasteiger partial charge < -0.3 is 19.0 Å². The summed E-state index contributed by atoms with van der Waals surface area (Å²) in [4.78, 5) is 73.0. The first-order chi connectivity index (χ1) is 13.4. The largest absolute Gasteiger partial charge is 0.446 e. The Labute approximate surface area is 160 Å². The molecular formula is C17H21NO10. The first kappa shape index (κ1) is 21.6. The SMILES string of the molecule is O=C(CCOCCOCCC(=O)ON1C(=O)CCC1=O)OC1C(=O)CCC1=O. The van der Waals surface area contributed by atoms with Gasteiger partial charge in [0.15, 0.2) is 11.6 Å². The zero-order valence-electron chi connectivity index (χ0n) is 15.2. The van der Waals surface area contributed by atoms with Crippen molar-refractivity contribution in [2.45, 2.75) is 44.6 Å². The average Bonchev–Trinajstić information content (AvgIpc) is 3.14. The molecule has 0 bridgehead atoms. The van der Waals surface area contributed by atoms with Crippen LogP contribution in [0.2, 0.25) is 0 Å². The molecule has 2 rings (SSSR count). The minimum absolute atomic E-state index is 0.00631. The number of hydrogen-bond acceptors (Lipinski definition) is 10. The number of carbonyl (C=O) groups excluding carboxylic acids is 6. The highest BCUT2D eigenvalue weighted by molar-refractivity contribution is 6.12. The van der Waals surface area contributed by atoms with Crippen LogP contribution < -0.4 is 0 Å². The summed E-state index contributed by atoms with van der Waals surface area (Å²) in [6.07, 6.45) is -1.27. The van der Waals surface area contributed by atoms with Crippen LogP contribution in [0.15, 0.2) is 0 Å². The molecule has 0 aromatic rings. The summed E-state index contributed by atoms with van der Waals surface area (Å²) < 4.78 is 15.1. The molecule has 1 saturated carbocycles. The van der Waals surface area contributed by atoms with Crippen LogP contribution in [0.4, 0.5) is 0 Å². The molecule has 11 nitrogen and oxygen atoms in total. The smallest absolute Gasteiger partial charge is 0.335 e. The topological polar surface area (TPSA) is 143 Å². The Kier molecular flexibility index (Phi) is 8.20. The van der Waals surface area contributed by atoms with Gasteiger partial charge in [-0.05, 0) is 0 Å². The Bertz CT molecular complexity index is 570. The van der Waals surface area contributed by atoms with Gasteiger partial charge in [-0.25, -0.2) is 4.79 Å². The molecule has 154 valence electrons. The number of nitrogens with zero attached hydrogens (tertiary/aromatic N) is 1. The standard InChI is InChI=1S/C17H21NO10/c19-11-1-2-12(20)17(11)27-15(23)5-7-25-9-10-26-8-6-16(24)28-18-13(21)3-4-14(18)22/h17H,1-10H2. The normalized spacial score (nSPS) is 17.5. The molecule has 0 atom stereocenters. The number of esters is 1. The zero-order chi connectivity index (χ0) is 20.5. The predicted octanol–water partition coefficient (Wildman–Crippen LogP) is -0.749. The lowest BCUT2D eigenvalue weighted by molar-refractivity contribution is -0.198. The minimum Gasteiger partial charge on any atom is -0.446 e. The molecule has 1 saturated heterocycles. The van der Waals surface area contributed by atoms with E-state index in [1.54, 1.807) is 0 Å². The highest BCUT2D eigenvalue weighted by Crippen LogP contribution is 2.15. The fraction of sp³-hybridized carbons (Fsp3) is 0.647. The second-order valence-corrected chi connectivity index (χ2v) is 6.07. The Morgan fingerprint density at radius 3 is 1.79 bits per heavy atom. The van der Waals surface area contributed by atoms with Crippen molar-refractivity contribution in [3.8, 4) is 0 Å². The highest BCUT2D eigenvalue weighted by atomic mass is 16.7. The second kappa shape index (κ2) is 10.6. The number of amides is 2. The quantitative estimate of drug-likeness (QED) is 0.188. The van der Waals surface area contributed by atoms with E-state index in [-0.39, 0.29) is 76.5 Å². The van der Waals surface area contributed by atoms with E-state index >= 15 is 0 Å². The Hall–Kier alpha value is -2.66. The Morgan fingerprint density at radius 2 is 1.25 bits per heavy atom. The molecule has 1 heterocycles. The highest BCUT2D eigenvalue weighted by Gasteiger charge is 2.36. The van der Waals surface area contributed by atoms with E-state index in [1.807, 2.05) is 0 Å². The summed E-state index contributed by atoms with van der Waals surface area (Å²) in [5.41, 5.74) is 0. The van der Waals surface area contributed by atoms with Gasteiger partial charge in [-0.2, -0.15) is 0 Å². The van der Waals surface area contributed by atoms with Crippen molar-refractivity contribution in [2.75, 3.05) is 26.4 Å². The van der Waals surface area contributed by atoms with Gasteiger partial charge in [-0.15, -0.1) is 5.06 Å². The lowest BCUT2D eigenvalue weighted by atomic mass is 10.3. The summed E-state index contributed by atoms with van der Waals surface area (Å²) in [6, 6.07) is 0. The molecule has 1 aliphatic heterocycles. The summed E-state index contributed by atoms with van der Waals surface area (Å²) in [5, 5.41) is 0.469. The Balaban J connectivity index is 1.45. The molecule has 0 N–H and O–H groups in total. The van der Waals surface area contributed by atoms with Crippen molar-refractivity contribution in [1.82, 2.24) is 5.06 Å². The van der Waals surface area contributed by atoms with Gasteiger partial charge in [0, 0.05) is 25.7 Å². The van der Waals surface area contributed by atoms with Crippen LogP contribution in [0, 0.1) is 0 Å². The van der Waals surface area contributed by atoms with Crippen LogP contribution in [0.25, 0.3) is 0 Å². The number of Topliss-reactive ketones (excluding diaryl/α,β-unsaturated/α-hetero) is 2. The molecule has 0 aromatic heterocycles. The van der Waals surface area contributed by atoms with Crippen LogP contribution in [0.3, 0.4) is 0 Å². The van der Waals surface area contributed by atoms with Gasteiger partial charge in [-0.1, -0.05) is 0 Å². The lowest BCUT2D eigenvalue weighted by Gasteiger charge is -2.12. The molecule has 0 unspecified atom stereocenters. The van der Waals surface area contributed by atoms with E-state index in [9.17, 15) is 28.8 Å². The van der Waals surface area contributed by atoms with Crippen molar-refractivity contribution in [2.24, 2.45) is 0 Å². The number of carbonyl (C=O) groups is 6. The van der Waals surface area contributed by atoms with Gasteiger partial charge in [-0.3, -0.25) is 24.0 Å². The van der Waals surface area contributed by atoms with Gasteiger partial charge in [0.25, 0.3) is 11.8 Å². The number of ether oxygens (including phenoxy) is 3. The first-order valence-corrected chi connectivity index (χ1v) is 8.85.